The molecule has 0 aromatic carbocycles. The van der Waals surface area contributed by atoms with E-state index in [-0.39, 0.29) is 17.8 Å². The van der Waals surface area contributed by atoms with Crippen LogP contribution in [-0.4, -0.2) is 18.9 Å². The monoisotopic (exact) mass is 208 g/mol. The lowest BCUT2D eigenvalue weighted by atomic mass is 10.2. The van der Waals surface area contributed by atoms with Crippen LogP contribution in [0.15, 0.2) is 16.5 Å². The van der Waals surface area contributed by atoms with Crippen LogP contribution in [0.5, 0.6) is 0 Å². The van der Waals surface area contributed by atoms with Crippen molar-refractivity contribution in [2.45, 2.75) is 19.3 Å². The molecule has 0 radical (unpaired) electrons. The van der Waals surface area contributed by atoms with Crippen molar-refractivity contribution in [3.8, 4) is 0 Å². The maximum absolute atomic E-state index is 11.3. The fourth-order valence-corrected chi connectivity index (χ4v) is 1.65. The lowest BCUT2D eigenvalue weighted by Crippen LogP contribution is -2.06. The molecule has 1 aromatic rings. The Hall–Kier alpha value is -1.58. The highest BCUT2D eigenvalue weighted by atomic mass is 16.5. The molecule has 1 saturated carbocycles. The van der Waals surface area contributed by atoms with Gasteiger partial charge in [-0.05, 0) is 25.5 Å². The predicted molar refractivity (Wildman–Crippen MR) is 51.6 cm³/mol. The van der Waals surface area contributed by atoms with Gasteiger partial charge in [-0.25, -0.2) is 0 Å². The van der Waals surface area contributed by atoms with E-state index in [1.807, 2.05) is 0 Å². The van der Waals surface area contributed by atoms with E-state index in [2.05, 4.69) is 0 Å². The van der Waals surface area contributed by atoms with E-state index in [1.54, 1.807) is 19.1 Å². The number of aldehydes is 1. The zero-order chi connectivity index (χ0) is 10.8. The summed E-state index contributed by atoms with van der Waals surface area (Å²) in [5.41, 5.74) is 0. The average Bonchev–Trinajstić information content (AvgIpc) is 2.90. The summed E-state index contributed by atoms with van der Waals surface area (Å²) in [6.07, 6.45) is 1.41. The van der Waals surface area contributed by atoms with Gasteiger partial charge in [0.15, 0.2) is 12.0 Å². The largest absolute Gasteiger partial charge is 0.466 e. The number of hydrogen-bond acceptors (Lipinski definition) is 4. The molecule has 4 heteroatoms. The van der Waals surface area contributed by atoms with Gasteiger partial charge >= 0.3 is 5.97 Å². The standard InChI is InChI=1S/C11H12O4/c1-2-14-11(13)9-5-8(9)10-4-3-7(6-12)15-10/h3-4,6,8-9H,2,5H2,1H3. The molecular weight excluding hydrogens is 196 g/mol. The van der Waals surface area contributed by atoms with Crippen LogP contribution in [0.3, 0.4) is 0 Å². The molecule has 2 rings (SSSR count). The molecule has 0 bridgehead atoms. The second-order valence-electron chi connectivity index (χ2n) is 3.56. The average molecular weight is 208 g/mol. The molecule has 15 heavy (non-hydrogen) atoms. The van der Waals surface area contributed by atoms with Crippen LogP contribution in [0, 0.1) is 5.92 Å². The highest BCUT2D eigenvalue weighted by molar-refractivity contribution is 5.77. The Kier molecular flexibility index (Phi) is 2.58. The van der Waals surface area contributed by atoms with Crippen LogP contribution in [0.2, 0.25) is 0 Å². The Balaban J connectivity index is 1.98. The Bertz CT molecular complexity index is 380. The zero-order valence-electron chi connectivity index (χ0n) is 8.43. The summed E-state index contributed by atoms with van der Waals surface area (Å²) in [6.45, 7) is 2.19. The molecule has 80 valence electrons. The summed E-state index contributed by atoms with van der Waals surface area (Å²) < 4.78 is 10.1. The van der Waals surface area contributed by atoms with E-state index in [0.717, 1.165) is 6.42 Å². The van der Waals surface area contributed by atoms with Gasteiger partial charge in [0.1, 0.15) is 5.76 Å². The first-order valence-corrected chi connectivity index (χ1v) is 4.97. The normalized spacial score (nSPS) is 23.5. The van der Waals surface area contributed by atoms with Gasteiger partial charge in [-0.15, -0.1) is 0 Å². The van der Waals surface area contributed by atoms with Crippen molar-refractivity contribution in [1.29, 1.82) is 0 Å². The van der Waals surface area contributed by atoms with E-state index in [0.29, 0.717) is 24.4 Å². The maximum atomic E-state index is 11.3. The van der Waals surface area contributed by atoms with Gasteiger partial charge in [-0.3, -0.25) is 9.59 Å². The van der Waals surface area contributed by atoms with Gasteiger partial charge in [0.05, 0.1) is 12.5 Å². The second kappa shape index (κ2) is 3.88. The molecule has 0 saturated heterocycles. The second-order valence-corrected chi connectivity index (χ2v) is 3.56. The third-order valence-electron chi connectivity index (χ3n) is 2.51. The van der Waals surface area contributed by atoms with Crippen molar-refractivity contribution in [3.05, 3.63) is 23.7 Å². The minimum Gasteiger partial charge on any atom is -0.466 e. The van der Waals surface area contributed by atoms with Gasteiger partial charge in [0.2, 0.25) is 0 Å². The van der Waals surface area contributed by atoms with Crippen LogP contribution in [0.1, 0.15) is 35.6 Å². The van der Waals surface area contributed by atoms with E-state index >= 15 is 0 Å². The fraction of sp³-hybridized carbons (Fsp3) is 0.455. The molecule has 1 fully saturated rings. The van der Waals surface area contributed by atoms with Crippen LogP contribution in [0.25, 0.3) is 0 Å². The molecule has 2 unspecified atom stereocenters. The summed E-state index contributed by atoms with van der Waals surface area (Å²) in [7, 11) is 0. The van der Waals surface area contributed by atoms with Gasteiger partial charge in [0, 0.05) is 5.92 Å². The molecule has 0 spiro atoms. The van der Waals surface area contributed by atoms with E-state index in [4.69, 9.17) is 9.15 Å². The minimum atomic E-state index is -0.174. The van der Waals surface area contributed by atoms with Crippen molar-refractivity contribution in [3.63, 3.8) is 0 Å². The van der Waals surface area contributed by atoms with Crippen molar-refractivity contribution < 1.29 is 18.7 Å². The maximum Gasteiger partial charge on any atom is 0.309 e. The van der Waals surface area contributed by atoms with Crippen LogP contribution in [0.4, 0.5) is 0 Å². The number of esters is 1. The summed E-state index contributed by atoms with van der Waals surface area (Å²) in [5.74, 6) is 0.842. The molecule has 1 heterocycles. The Labute approximate surface area is 87.2 Å². The van der Waals surface area contributed by atoms with Crippen molar-refractivity contribution in [2.75, 3.05) is 6.61 Å². The first-order chi connectivity index (χ1) is 7.26. The first-order valence-electron chi connectivity index (χ1n) is 4.97. The van der Waals surface area contributed by atoms with Crippen molar-refractivity contribution in [1.82, 2.24) is 0 Å². The van der Waals surface area contributed by atoms with Gasteiger partial charge in [-0.2, -0.15) is 0 Å². The Morgan fingerprint density at radius 2 is 2.47 bits per heavy atom. The van der Waals surface area contributed by atoms with Gasteiger partial charge < -0.3 is 9.15 Å². The van der Waals surface area contributed by atoms with E-state index in [1.165, 1.54) is 0 Å². The number of hydrogen-bond donors (Lipinski definition) is 0. The van der Waals surface area contributed by atoms with E-state index in [9.17, 15) is 9.59 Å². The van der Waals surface area contributed by atoms with Crippen LogP contribution >= 0.6 is 0 Å². The predicted octanol–water partition coefficient (Wildman–Crippen LogP) is 1.76. The molecular formula is C11H12O4. The molecule has 0 N–H and O–H groups in total. The minimum absolute atomic E-state index is 0.0874. The molecule has 2 atom stereocenters. The first kappa shape index (κ1) is 9.96. The fourth-order valence-electron chi connectivity index (χ4n) is 1.65. The van der Waals surface area contributed by atoms with Crippen molar-refractivity contribution in [2.24, 2.45) is 5.92 Å². The highest BCUT2D eigenvalue weighted by Gasteiger charge is 2.47. The van der Waals surface area contributed by atoms with Crippen LogP contribution in [-0.2, 0) is 9.53 Å². The van der Waals surface area contributed by atoms with E-state index < -0.39 is 0 Å². The Morgan fingerprint density at radius 1 is 1.67 bits per heavy atom. The number of furan rings is 1. The Morgan fingerprint density at radius 3 is 3.07 bits per heavy atom. The number of carbonyl (C=O) groups is 2. The SMILES string of the molecule is CCOC(=O)C1CC1c1ccc(C=O)o1. The molecule has 1 aliphatic carbocycles. The summed E-state index contributed by atoms with van der Waals surface area (Å²) in [5, 5.41) is 0. The zero-order valence-corrected chi connectivity index (χ0v) is 8.43. The van der Waals surface area contributed by atoms with Gasteiger partial charge in [-0.1, -0.05) is 0 Å². The smallest absolute Gasteiger partial charge is 0.309 e. The number of ether oxygens (including phenoxy) is 1. The van der Waals surface area contributed by atoms with Gasteiger partial charge in [0.25, 0.3) is 0 Å². The highest BCUT2D eigenvalue weighted by Crippen LogP contribution is 2.48. The molecule has 4 nitrogen and oxygen atoms in total. The lowest BCUT2D eigenvalue weighted by molar-refractivity contribution is -0.144. The van der Waals surface area contributed by atoms with Crippen LogP contribution < -0.4 is 0 Å². The summed E-state index contributed by atoms with van der Waals surface area (Å²) in [6, 6.07) is 3.36. The topological polar surface area (TPSA) is 56.5 Å². The number of rotatable bonds is 4. The quantitative estimate of drug-likeness (QED) is 0.558. The molecule has 1 aliphatic rings. The molecule has 0 aliphatic heterocycles. The molecule has 1 aromatic heterocycles. The third-order valence-corrected chi connectivity index (χ3v) is 2.51. The summed E-state index contributed by atoms with van der Waals surface area (Å²) >= 11 is 0. The third kappa shape index (κ3) is 1.93. The van der Waals surface area contributed by atoms with Crippen molar-refractivity contribution >= 4 is 12.3 Å². The molecule has 0 amide bonds. The summed E-state index contributed by atoms with van der Waals surface area (Å²) in [4.78, 5) is 21.7. The lowest BCUT2D eigenvalue weighted by Gasteiger charge is -1.98. The number of carbonyl (C=O) groups excluding carboxylic acids is 2.